The number of rotatable bonds is 2. The van der Waals surface area contributed by atoms with Crippen LogP contribution < -0.4 is 0 Å². The van der Waals surface area contributed by atoms with Crippen molar-refractivity contribution in [2.75, 3.05) is 0 Å². The Hall–Kier alpha value is 0.470. The minimum atomic E-state index is 0.516. The van der Waals surface area contributed by atoms with Crippen molar-refractivity contribution in [3.63, 3.8) is 0 Å². The second-order valence-corrected chi connectivity index (χ2v) is 7.43. The van der Waals surface area contributed by atoms with Crippen LogP contribution in [0.4, 0.5) is 0 Å². The Morgan fingerprint density at radius 3 is 2.44 bits per heavy atom. The molecule has 1 unspecified atom stereocenters. The highest BCUT2D eigenvalue weighted by Gasteiger charge is 2.23. The molecular weight excluding hydrogens is 304 g/mol. The lowest BCUT2D eigenvalue weighted by Crippen LogP contribution is -2.05. The van der Waals surface area contributed by atoms with Crippen LogP contribution in [0.2, 0.25) is 4.34 Å². The lowest BCUT2D eigenvalue weighted by molar-refractivity contribution is 0.457. The monoisotopic (exact) mass is 320 g/mol. The number of hydrogen-bond donors (Lipinski definition) is 0. The summed E-state index contributed by atoms with van der Waals surface area (Å²) in [5, 5.41) is 0. The quantitative estimate of drug-likeness (QED) is 0.455. The van der Waals surface area contributed by atoms with Crippen LogP contribution in [0.1, 0.15) is 53.8 Å². The van der Waals surface area contributed by atoms with E-state index in [1.165, 1.54) is 49.0 Å². The molecule has 0 spiro atoms. The molecule has 0 saturated heterocycles. The first kappa shape index (κ1) is 12.9. The van der Waals surface area contributed by atoms with Crippen molar-refractivity contribution >= 4 is 38.9 Å². The summed E-state index contributed by atoms with van der Waals surface area (Å²) in [6.07, 6.45) is 8.35. The maximum absolute atomic E-state index is 6.14. The molecule has 0 bridgehead atoms. The van der Waals surface area contributed by atoms with Gasteiger partial charge in [-0.05, 0) is 37.3 Å². The largest absolute Gasteiger partial charge is 0.127 e. The Bertz CT molecular complexity index is 320. The molecule has 1 atom stereocenters. The Morgan fingerprint density at radius 2 is 1.94 bits per heavy atom. The molecule has 1 heterocycles. The van der Waals surface area contributed by atoms with E-state index < -0.39 is 0 Å². The minimum absolute atomic E-state index is 0.516. The maximum atomic E-state index is 6.14. The van der Waals surface area contributed by atoms with Crippen LogP contribution in [0.3, 0.4) is 0 Å². The molecule has 0 nitrogen and oxygen atoms in total. The fourth-order valence-corrected chi connectivity index (χ4v) is 4.69. The fourth-order valence-electron chi connectivity index (χ4n) is 2.46. The van der Waals surface area contributed by atoms with Crippen molar-refractivity contribution in [1.82, 2.24) is 0 Å². The van der Waals surface area contributed by atoms with Crippen molar-refractivity contribution in [2.24, 2.45) is 5.92 Å². The summed E-state index contributed by atoms with van der Waals surface area (Å²) in [5.41, 5.74) is 1.22. The molecule has 2 rings (SSSR count). The Balaban J connectivity index is 2.07. The van der Waals surface area contributed by atoms with Gasteiger partial charge in [0, 0.05) is 4.88 Å². The topological polar surface area (TPSA) is 0 Å². The predicted molar refractivity (Wildman–Crippen MR) is 76.9 cm³/mol. The van der Waals surface area contributed by atoms with Gasteiger partial charge in [0.25, 0.3) is 0 Å². The van der Waals surface area contributed by atoms with E-state index in [0.29, 0.717) is 4.83 Å². The number of hydrogen-bond acceptors (Lipinski definition) is 1. The fraction of sp³-hybridized carbons (Fsp3) is 0.692. The average molecular weight is 322 g/mol. The van der Waals surface area contributed by atoms with E-state index in [0.717, 1.165) is 10.3 Å². The zero-order valence-corrected chi connectivity index (χ0v) is 12.8. The number of thiophene rings is 1. The van der Waals surface area contributed by atoms with Gasteiger partial charge < -0.3 is 0 Å². The van der Waals surface area contributed by atoms with Crippen LogP contribution >= 0.6 is 38.9 Å². The third kappa shape index (κ3) is 3.02. The highest BCUT2D eigenvalue weighted by molar-refractivity contribution is 9.09. The number of alkyl halides is 1. The van der Waals surface area contributed by atoms with Gasteiger partial charge in [0.05, 0.1) is 9.16 Å². The molecule has 0 amide bonds. The maximum Gasteiger partial charge on any atom is 0.0960 e. The van der Waals surface area contributed by atoms with Crippen LogP contribution in [0.25, 0.3) is 0 Å². The first-order chi connectivity index (χ1) is 7.68. The standard InChI is InChI=1S/C13H18BrClS/c1-9-8-11(16-13(9)15)12(14)10-6-4-2-3-5-7-10/h8,10,12H,2-7H2,1H3. The molecule has 0 aromatic carbocycles. The molecule has 0 aliphatic heterocycles. The van der Waals surface area contributed by atoms with Gasteiger partial charge >= 0.3 is 0 Å². The van der Waals surface area contributed by atoms with Crippen molar-refractivity contribution in [3.8, 4) is 0 Å². The molecular formula is C13H18BrClS. The number of halogens is 2. The third-order valence-corrected chi connectivity index (χ3v) is 6.64. The zero-order valence-electron chi connectivity index (χ0n) is 9.64. The molecule has 1 aliphatic rings. The highest BCUT2D eigenvalue weighted by atomic mass is 79.9. The van der Waals surface area contributed by atoms with Crippen LogP contribution in [0, 0.1) is 12.8 Å². The van der Waals surface area contributed by atoms with E-state index in [9.17, 15) is 0 Å². The van der Waals surface area contributed by atoms with Crippen LogP contribution in [0.15, 0.2) is 6.07 Å². The Morgan fingerprint density at radius 1 is 1.31 bits per heavy atom. The van der Waals surface area contributed by atoms with E-state index in [1.54, 1.807) is 11.3 Å². The first-order valence-corrected chi connectivity index (χ1v) is 8.19. The third-order valence-electron chi connectivity index (χ3n) is 3.46. The van der Waals surface area contributed by atoms with Gasteiger partial charge in [-0.2, -0.15) is 0 Å². The second-order valence-electron chi connectivity index (χ2n) is 4.76. The number of aryl methyl sites for hydroxylation is 1. The molecule has 1 saturated carbocycles. The summed E-state index contributed by atoms with van der Waals surface area (Å²) in [7, 11) is 0. The summed E-state index contributed by atoms with van der Waals surface area (Å²) in [6, 6.07) is 2.25. The molecule has 3 heteroatoms. The lowest BCUT2D eigenvalue weighted by atomic mass is 9.95. The van der Waals surface area contributed by atoms with E-state index in [1.807, 2.05) is 0 Å². The molecule has 0 N–H and O–H groups in total. The van der Waals surface area contributed by atoms with Gasteiger partial charge in [0.15, 0.2) is 0 Å². The molecule has 0 radical (unpaired) electrons. The normalized spacial score (nSPS) is 20.7. The van der Waals surface area contributed by atoms with Gasteiger partial charge in [-0.1, -0.05) is 53.2 Å². The first-order valence-electron chi connectivity index (χ1n) is 6.08. The molecule has 1 aromatic rings. The Kier molecular flexibility index (Phi) is 4.75. The van der Waals surface area contributed by atoms with Gasteiger partial charge in [-0.25, -0.2) is 0 Å². The van der Waals surface area contributed by atoms with Crippen LogP contribution in [-0.4, -0.2) is 0 Å². The SMILES string of the molecule is Cc1cc(C(Br)C2CCCCCC2)sc1Cl. The average Bonchev–Trinajstić information content (AvgIpc) is 2.51. The van der Waals surface area contributed by atoms with Gasteiger partial charge in [-0.3, -0.25) is 0 Å². The van der Waals surface area contributed by atoms with E-state index >= 15 is 0 Å². The smallest absolute Gasteiger partial charge is 0.0960 e. The van der Waals surface area contributed by atoms with Crippen molar-refractivity contribution < 1.29 is 0 Å². The lowest BCUT2D eigenvalue weighted by Gasteiger charge is -2.19. The van der Waals surface area contributed by atoms with Gasteiger partial charge in [0.1, 0.15) is 0 Å². The van der Waals surface area contributed by atoms with Crippen LogP contribution in [0.5, 0.6) is 0 Å². The van der Waals surface area contributed by atoms with Crippen molar-refractivity contribution in [1.29, 1.82) is 0 Å². The summed E-state index contributed by atoms with van der Waals surface area (Å²) >= 11 is 11.8. The summed E-state index contributed by atoms with van der Waals surface area (Å²) in [5.74, 6) is 0.802. The second kappa shape index (κ2) is 5.88. The van der Waals surface area contributed by atoms with Gasteiger partial charge in [-0.15, -0.1) is 11.3 Å². The predicted octanol–water partition coefficient (Wildman–Crippen LogP) is 6.12. The molecule has 1 aliphatic carbocycles. The minimum Gasteiger partial charge on any atom is -0.127 e. The summed E-state index contributed by atoms with van der Waals surface area (Å²) in [6.45, 7) is 2.09. The zero-order chi connectivity index (χ0) is 11.5. The van der Waals surface area contributed by atoms with Crippen LogP contribution in [-0.2, 0) is 0 Å². The van der Waals surface area contributed by atoms with Crippen molar-refractivity contribution in [3.05, 3.63) is 20.8 Å². The summed E-state index contributed by atoms with van der Waals surface area (Å²) < 4.78 is 0.952. The van der Waals surface area contributed by atoms with E-state index in [4.69, 9.17) is 11.6 Å². The van der Waals surface area contributed by atoms with E-state index in [-0.39, 0.29) is 0 Å². The molecule has 16 heavy (non-hydrogen) atoms. The summed E-state index contributed by atoms with van der Waals surface area (Å²) in [4.78, 5) is 1.93. The molecule has 90 valence electrons. The van der Waals surface area contributed by atoms with Crippen molar-refractivity contribution in [2.45, 2.75) is 50.3 Å². The molecule has 1 aromatic heterocycles. The van der Waals surface area contributed by atoms with Gasteiger partial charge in [0.2, 0.25) is 0 Å². The Labute approximate surface area is 116 Å². The van der Waals surface area contributed by atoms with E-state index in [2.05, 4.69) is 28.9 Å². The molecule has 1 fully saturated rings. The highest BCUT2D eigenvalue weighted by Crippen LogP contribution is 2.43.